The van der Waals surface area contributed by atoms with E-state index in [1.165, 1.54) is 22.8 Å². The maximum atomic E-state index is 13.4. The van der Waals surface area contributed by atoms with Crippen molar-refractivity contribution >= 4 is 16.4 Å². The molecule has 2 aromatic heterocycles. The van der Waals surface area contributed by atoms with Crippen LogP contribution in [-0.4, -0.2) is 29.2 Å². The standard InChI is InChI=1S/C19H18FN3O4S/c1-13(2)18-19(28(25,26)27-16-5-3-4-15(20)10-16)23(17(12-24)22-18)11-14-6-8-21-9-7-14/h3-10,12-13H,11H2,1-2H3. The van der Waals surface area contributed by atoms with Crippen LogP contribution in [0.25, 0.3) is 0 Å². The first-order valence-electron chi connectivity index (χ1n) is 8.46. The molecule has 9 heteroatoms. The van der Waals surface area contributed by atoms with Crippen molar-refractivity contribution in [2.24, 2.45) is 0 Å². The monoisotopic (exact) mass is 403 g/mol. The molecule has 0 aliphatic rings. The van der Waals surface area contributed by atoms with Crippen molar-refractivity contribution in [3.8, 4) is 5.75 Å². The number of benzene rings is 1. The number of rotatable bonds is 7. The maximum absolute atomic E-state index is 13.4. The number of aldehydes is 1. The van der Waals surface area contributed by atoms with Gasteiger partial charge in [-0.05, 0) is 35.7 Å². The molecule has 0 fully saturated rings. The Balaban J connectivity index is 2.14. The van der Waals surface area contributed by atoms with E-state index in [1.54, 1.807) is 38.4 Å². The quantitative estimate of drug-likeness (QED) is 0.445. The first-order valence-corrected chi connectivity index (χ1v) is 9.87. The summed E-state index contributed by atoms with van der Waals surface area (Å²) in [6.07, 6.45) is 3.62. The molecular formula is C19H18FN3O4S. The molecule has 2 heterocycles. The summed E-state index contributed by atoms with van der Waals surface area (Å²) in [6.45, 7) is 3.60. The van der Waals surface area contributed by atoms with Crippen molar-refractivity contribution < 1.29 is 21.8 Å². The van der Waals surface area contributed by atoms with Gasteiger partial charge < -0.3 is 8.75 Å². The van der Waals surface area contributed by atoms with E-state index in [2.05, 4.69) is 9.97 Å². The van der Waals surface area contributed by atoms with Gasteiger partial charge in [-0.1, -0.05) is 19.9 Å². The van der Waals surface area contributed by atoms with Crippen LogP contribution in [0.2, 0.25) is 0 Å². The molecule has 0 spiro atoms. The van der Waals surface area contributed by atoms with Crippen LogP contribution in [0.4, 0.5) is 4.39 Å². The molecule has 28 heavy (non-hydrogen) atoms. The zero-order valence-electron chi connectivity index (χ0n) is 15.2. The zero-order chi connectivity index (χ0) is 20.3. The van der Waals surface area contributed by atoms with Crippen LogP contribution in [0.3, 0.4) is 0 Å². The highest BCUT2D eigenvalue weighted by Gasteiger charge is 2.31. The minimum absolute atomic E-state index is 0.0399. The van der Waals surface area contributed by atoms with Gasteiger partial charge in [0.1, 0.15) is 11.6 Å². The van der Waals surface area contributed by atoms with Crippen molar-refractivity contribution in [1.29, 1.82) is 0 Å². The first-order chi connectivity index (χ1) is 13.3. The molecule has 3 aromatic rings. The van der Waals surface area contributed by atoms with E-state index in [9.17, 15) is 17.6 Å². The van der Waals surface area contributed by atoms with Gasteiger partial charge in [0.15, 0.2) is 17.1 Å². The summed E-state index contributed by atoms with van der Waals surface area (Å²) in [4.78, 5) is 19.7. The second kappa shape index (κ2) is 7.89. The number of hydrogen-bond donors (Lipinski definition) is 0. The summed E-state index contributed by atoms with van der Waals surface area (Å²) in [5, 5.41) is -0.231. The van der Waals surface area contributed by atoms with Gasteiger partial charge in [-0.25, -0.2) is 9.37 Å². The van der Waals surface area contributed by atoms with Crippen LogP contribution < -0.4 is 4.18 Å². The van der Waals surface area contributed by atoms with E-state index in [-0.39, 0.29) is 34.8 Å². The summed E-state index contributed by atoms with van der Waals surface area (Å²) in [5.74, 6) is -1.13. The largest absolute Gasteiger partial charge is 0.378 e. The minimum atomic E-state index is -4.39. The van der Waals surface area contributed by atoms with Gasteiger partial charge in [-0.2, -0.15) is 8.42 Å². The predicted molar refractivity (Wildman–Crippen MR) is 99.3 cm³/mol. The maximum Gasteiger partial charge on any atom is 0.357 e. The molecule has 0 aliphatic heterocycles. The highest BCUT2D eigenvalue weighted by atomic mass is 32.2. The van der Waals surface area contributed by atoms with Gasteiger partial charge in [0.2, 0.25) is 0 Å². The van der Waals surface area contributed by atoms with E-state index in [0.29, 0.717) is 6.29 Å². The smallest absolute Gasteiger partial charge is 0.357 e. The third-order valence-electron chi connectivity index (χ3n) is 3.96. The molecule has 3 rings (SSSR count). The first kappa shape index (κ1) is 19.7. The zero-order valence-corrected chi connectivity index (χ0v) is 16.1. The molecule has 1 aromatic carbocycles. The topological polar surface area (TPSA) is 91.1 Å². The lowest BCUT2D eigenvalue weighted by Gasteiger charge is -2.13. The van der Waals surface area contributed by atoms with Gasteiger partial charge in [-0.3, -0.25) is 9.78 Å². The number of hydrogen-bond acceptors (Lipinski definition) is 6. The SMILES string of the molecule is CC(C)c1nc(C=O)n(Cc2ccncc2)c1S(=O)(=O)Oc1cccc(F)c1. The normalized spacial score (nSPS) is 11.6. The van der Waals surface area contributed by atoms with Gasteiger partial charge in [-0.15, -0.1) is 0 Å². The molecule has 0 saturated heterocycles. The molecule has 7 nitrogen and oxygen atoms in total. The lowest BCUT2D eigenvalue weighted by Crippen LogP contribution is -2.19. The molecule has 0 aliphatic carbocycles. The molecular weight excluding hydrogens is 385 g/mol. The van der Waals surface area contributed by atoms with E-state index in [1.807, 2.05) is 0 Å². The summed E-state index contributed by atoms with van der Waals surface area (Å²) in [5.41, 5.74) is 0.931. The average Bonchev–Trinajstić information content (AvgIpc) is 3.02. The van der Waals surface area contributed by atoms with Crippen LogP contribution >= 0.6 is 0 Å². The van der Waals surface area contributed by atoms with Gasteiger partial charge >= 0.3 is 10.1 Å². The molecule has 0 atom stereocenters. The number of aromatic nitrogens is 3. The van der Waals surface area contributed by atoms with Gasteiger partial charge in [0, 0.05) is 18.5 Å². The van der Waals surface area contributed by atoms with E-state index >= 15 is 0 Å². The molecule has 0 unspecified atom stereocenters. The Morgan fingerprint density at radius 1 is 1.21 bits per heavy atom. The molecule has 0 radical (unpaired) electrons. The second-order valence-corrected chi connectivity index (χ2v) is 7.83. The van der Waals surface area contributed by atoms with Crippen molar-refractivity contribution in [3.05, 3.63) is 71.7 Å². The van der Waals surface area contributed by atoms with E-state index in [4.69, 9.17) is 4.18 Å². The Bertz CT molecular complexity index is 1100. The molecule has 0 bridgehead atoms. The molecule has 0 saturated carbocycles. The third kappa shape index (κ3) is 4.09. The number of nitrogens with zero attached hydrogens (tertiary/aromatic N) is 3. The van der Waals surface area contributed by atoms with Crippen LogP contribution in [0.1, 0.15) is 41.6 Å². The van der Waals surface area contributed by atoms with Crippen molar-refractivity contribution in [3.63, 3.8) is 0 Å². The highest BCUT2D eigenvalue weighted by Crippen LogP contribution is 2.28. The second-order valence-electron chi connectivity index (χ2n) is 6.37. The van der Waals surface area contributed by atoms with Crippen LogP contribution in [0.5, 0.6) is 5.75 Å². The summed E-state index contributed by atoms with van der Waals surface area (Å²) in [6, 6.07) is 8.23. The van der Waals surface area contributed by atoms with Crippen LogP contribution in [-0.2, 0) is 16.7 Å². The van der Waals surface area contributed by atoms with Crippen molar-refractivity contribution in [2.75, 3.05) is 0 Å². The van der Waals surface area contributed by atoms with Crippen LogP contribution in [0.15, 0.2) is 53.8 Å². The van der Waals surface area contributed by atoms with Crippen molar-refractivity contribution in [1.82, 2.24) is 14.5 Å². The molecule has 0 amide bonds. The Hall–Kier alpha value is -3.07. The minimum Gasteiger partial charge on any atom is -0.378 e. The third-order valence-corrected chi connectivity index (χ3v) is 5.27. The fraction of sp³-hybridized carbons (Fsp3) is 0.211. The van der Waals surface area contributed by atoms with E-state index in [0.717, 1.165) is 11.6 Å². The number of carbonyl (C=O) groups is 1. The Kier molecular flexibility index (Phi) is 5.55. The number of halogens is 1. The fourth-order valence-corrected chi connectivity index (χ4v) is 4.11. The van der Waals surface area contributed by atoms with E-state index < -0.39 is 15.9 Å². The number of pyridine rings is 1. The summed E-state index contributed by atoms with van der Waals surface area (Å²) >= 11 is 0. The fourth-order valence-electron chi connectivity index (χ4n) is 2.71. The molecule has 146 valence electrons. The van der Waals surface area contributed by atoms with Gasteiger partial charge in [0.25, 0.3) is 0 Å². The number of imidazole rings is 1. The van der Waals surface area contributed by atoms with Gasteiger partial charge in [0.05, 0.1) is 12.2 Å². The lowest BCUT2D eigenvalue weighted by molar-refractivity contribution is 0.111. The summed E-state index contributed by atoms with van der Waals surface area (Å²) in [7, 11) is -4.39. The lowest BCUT2D eigenvalue weighted by atomic mass is 10.1. The number of carbonyl (C=O) groups excluding carboxylic acids is 1. The Labute approximate surface area is 162 Å². The Morgan fingerprint density at radius 3 is 2.54 bits per heavy atom. The Morgan fingerprint density at radius 2 is 1.93 bits per heavy atom. The van der Waals surface area contributed by atoms with Crippen molar-refractivity contribution in [2.45, 2.75) is 31.3 Å². The average molecular weight is 403 g/mol. The highest BCUT2D eigenvalue weighted by molar-refractivity contribution is 7.87. The van der Waals surface area contributed by atoms with Crippen LogP contribution in [0, 0.1) is 5.82 Å². The predicted octanol–water partition coefficient (Wildman–Crippen LogP) is 3.17. The summed E-state index contributed by atoms with van der Waals surface area (Å²) < 4.78 is 45.9. The molecule has 0 N–H and O–H groups in total.